The molecule has 0 aliphatic carbocycles. The van der Waals surface area contributed by atoms with Crippen molar-refractivity contribution in [3.63, 3.8) is 0 Å². The highest BCUT2D eigenvalue weighted by Gasteiger charge is 2.47. The third kappa shape index (κ3) is 4.04. The molecule has 2 amide bonds. The van der Waals surface area contributed by atoms with Gasteiger partial charge in [-0.2, -0.15) is 13.2 Å². The molecule has 0 spiro atoms. The van der Waals surface area contributed by atoms with Crippen LogP contribution < -0.4 is 5.32 Å². The van der Waals surface area contributed by atoms with Crippen LogP contribution in [0.25, 0.3) is 0 Å². The third-order valence-electron chi connectivity index (χ3n) is 3.94. The largest absolute Gasteiger partial charge is 0.471 e. The zero-order chi connectivity index (χ0) is 18.1. The molecular formula is C16H20F3N3O2. The molecule has 1 aromatic heterocycles. The van der Waals surface area contributed by atoms with E-state index in [9.17, 15) is 22.8 Å². The Labute approximate surface area is 138 Å². The Morgan fingerprint density at radius 3 is 2.54 bits per heavy atom. The lowest BCUT2D eigenvalue weighted by Gasteiger charge is -2.25. The van der Waals surface area contributed by atoms with Gasteiger partial charge in [0.05, 0.1) is 0 Å². The Morgan fingerprint density at radius 1 is 1.29 bits per heavy atom. The number of likely N-dealkylation sites (tertiary alicyclic amines) is 1. The van der Waals surface area contributed by atoms with E-state index in [0.717, 1.165) is 5.56 Å². The summed E-state index contributed by atoms with van der Waals surface area (Å²) in [6, 6.07) is 2.37. The van der Waals surface area contributed by atoms with Gasteiger partial charge in [-0.15, -0.1) is 0 Å². The highest BCUT2D eigenvalue weighted by molar-refractivity contribution is 5.97. The second kappa shape index (κ2) is 6.41. The van der Waals surface area contributed by atoms with E-state index in [4.69, 9.17) is 0 Å². The molecule has 0 radical (unpaired) electrons. The van der Waals surface area contributed by atoms with Crippen LogP contribution in [0.15, 0.2) is 18.3 Å². The molecule has 8 heteroatoms. The average Bonchev–Trinajstić information content (AvgIpc) is 2.94. The van der Waals surface area contributed by atoms with Crippen molar-refractivity contribution in [2.45, 2.75) is 51.2 Å². The van der Waals surface area contributed by atoms with Gasteiger partial charge >= 0.3 is 12.1 Å². The molecule has 1 aliphatic rings. The first-order valence-electron chi connectivity index (χ1n) is 7.65. The van der Waals surface area contributed by atoms with Crippen LogP contribution >= 0.6 is 0 Å². The lowest BCUT2D eigenvalue weighted by atomic mass is 9.88. The number of nitrogens with one attached hydrogen (secondary N) is 1. The van der Waals surface area contributed by atoms with E-state index in [2.05, 4.69) is 10.3 Å². The molecular weight excluding hydrogens is 323 g/mol. The Hall–Kier alpha value is -2.12. The van der Waals surface area contributed by atoms with E-state index in [1.54, 1.807) is 6.07 Å². The molecule has 1 N–H and O–H groups in total. The molecule has 0 unspecified atom stereocenters. The van der Waals surface area contributed by atoms with Crippen molar-refractivity contribution in [3.05, 3.63) is 23.9 Å². The summed E-state index contributed by atoms with van der Waals surface area (Å²) in [6.45, 7) is 5.91. The van der Waals surface area contributed by atoms with Crippen LogP contribution in [0.3, 0.4) is 0 Å². The molecule has 1 fully saturated rings. The summed E-state index contributed by atoms with van der Waals surface area (Å²) in [5.41, 5.74) is 0.774. The maximum absolute atomic E-state index is 12.6. The zero-order valence-corrected chi connectivity index (χ0v) is 13.8. The molecule has 2 rings (SSSR count). The van der Waals surface area contributed by atoms with Crippen molar-refractivity contribution in [3.8, 4) is 0 Å². The minimum Gasteiger partial charge on any atom is -0.323 e. The number of rotatable bonds is 2. The Balaban J connectivity index is 2.13. The lowest BCUT2D eigenvalue weighted by molar-refractivity contribution is -0.186. The third-order valence-corrected chi connectivity index (χ3v) is 3.94. The lowest BCUT2D eigenvalue weighted by Crippen LogP contribution is -2.48. The van der Waals surface area contributed by atoms with Crippen molar-refractivity contribution < 1.29 is 22.8 Å². The molecule has 1 aliphatic heterocycles. The van der Waals surface area contributed by atoms with Gasteiger partial charge in [-0.1, -0.05) is 20.8 Å². The Kier molecular flexibility index (Phi) is 4.87. The van der Waals surface area contributed by atoms with Crippen LogP contribution in [-0.2, 0) is 15.0 Å². The first-order valence-corrected chi connectivity index (χ1v) is 7.65. The van der Waals surface area contributed by atoms with Gasteiger partial charge in [0, 0.05) is 12.7 Å². The Bertz CT molecular complexity index is 638. The predicted molar refractivity (Wildman–Crippen MR) is 82.4 cm³/mol. The number of carbonyl (C=O) groups is 2. The van der Waals surface area contributed by atoms with Gasteiger partial charge < -0.3 is 10.2 Å². The first-order chi connectivity index (χ1) is 11.0. The van der Waals surface area contributed by atoms with Gasteiger partial charge in [0.25, 0.3) is 0 Å². The number of alkyl halides is 3. The second-order valence-corrected chi connectivity index (χ2v) is 6.82. The van der Waals surface area contributed by atoms with Crippen LogP contribution in [-0.4, -0.2) is 40.5 Å². The molecule has 0 bridgehead atoms. The van der Waals surface area contributed by atoms with Crippen molar-refractivity contribution in [2.75, 3.05) is 11.9 Å². The van der Waals surface area contributed by atoms with Crippen molar-refractivity contribution >= 4 is 17.6 Å². The number of amides is 2. The maximum Gasteiger partial charge on any atom is 0.471 e. The highest BCUT2D eigenvalue weighted by Crippen LogP contribution is 2.27. The van der Waals surface area contributed by atoms with Gasteiger partial charge in [-0.05, 0) is 36.0 Å². The molecule has 1 atom stereocenters. The molecule has 1 aromatic rings. The molecule has 0 saturated carbocycles. The van der Waals surface area contributed by atoms with Crippen molar-refractivity contribution in [2.24, 2.45) is 0 Å². The summed E-state index contributed by atoms with van der Waals surface area (Å²) in [5, 5.41) is 2.52. The van der Waals surface area contributed by atoms with Gasteiger partial charge in [-0.25, -0.2) is 4.98 Å². The summed E-state index contributed by atoms with van der Waals surface area (Å²) in [5.74, 6) is -2.36. The van der Waals surface area contributed by atoms with Crippen LogP contribution in [0.4, 0.5) is 19.0 Å². The summed E-state index contributed by atoms with van der Waals surface area (Å²) < 4.78 is 37.8. The number of nitrogens with zero attached hydrogens (tertiary/aromatic N) is 2. The van der Waals surface area contributed by atoms with Crippen LogP contribution in [0.1, 0.15) is 39.2 Å². The quantitative estimate of drug-likeness (QED) is 0.898. The standard InChI is InChI=1S/C16H20F3N3O2/c1-15(2,3)10-6-7-20-12(9-10)21-13(23)11-5-4-8-22(11)14(24)16(17,18)19/h6-7,9,11H,4-5,8H2,1-3H3,(H,20,21,23)/t11-/m0/s1. The topological polar surface area (TPSA) is 62.3 Å². The van der Waals surface area contributed by atoms with Crippen LogP contribution in [0.5, 0.6) is 0 Å². The fraction of sp³-hybridized carbons (Fsp3) is 0.562. The van der Waals surface area contributed by atoms with E-state index in [1.807, 2.05) is 26.8 Å². The molecule has 2 heterocycles. The van der Waals surface area contributed by atoms with E-state index in [1.165, 1.54) is 6.20 Å². The van der Waals surface area contributed by atoms with Gasteiger partial charge in [0.15, 0.2) is 0 Å². The van der Waals surface area contributed by atoms with Crippen molar-refractivity contribution in [1.82, 2.24) is 9.88 Å². The fourth-order valence-electron chi connectivity index (χ4n) is 2.62. The number of halogens is 3. The van der Waals surface area contributed by atoms with E-state index >= 15 is 0 Å². The summed E-state index contributed by atoms with van der Waals surface area (Å²) in [6.07, 6.45) is -2.89. The number of hydrogen-bond donors (Lipinski definition) is 1. The van der Waals surface area contributed by atoms with Crippen LogP contribution in [0, 0.1) is 0 Å². The fourth-order valence-corrected chi connectivity index (χ4v) is 2.62. The predicted octanol–water partition coefficient (Wildman–Crippen LogP) is 2.87. The number of hydrogen-bond acceptors (Lipinski definition) is 3. The smallest absolute Gasteiger partial charge is 0.323 e. The number of pyridine rings is 1. The van der Waals surface area contributed by atoms with E-state index in [0.29, 0.717) is 11.3 Å². The second-order valence-electron chi connectivity index (χ2n) is 6.82. The maximum atomic E-state index is 12.6. The van der Waals surface area contributed by atoms with Crippen LogP contribution in [0.2, 0.25) is 0 Å². The number of carbonyl (C=O) groups excluding carboxylic acids is 2. The zero-order valence-electron chi connectivity index (χ0n) is 13.8. The summed E-state index contributed by atoms with van der Waals surface area (Å²) >= 11 is 0. The molecule has 0 aromatic carbocycles. The minimum atomic E-state index is -4.98. The van der Waals surface area contributed by atoms with Crippen molar-refractivity contribution in [1.29, 1.82) is 0 Å². The molecule has 5 nitrogen and oxygen atoms in total. The van der Waals surface area contributed by atoms with E-state index < -0.39 is 24.0 Å². The highest BCUT2D eigenvalue weighted by atomic mass is 19.4. The molecule has 132 valence electrons. The van der Waals surface area contributed by atoms with Gasteiger partial charge in [0.1, 0.15) is 11.9 Å². The Morgan fingerprint density at radius 2 is 1.96 bits per heavy atom. The molecule has 1 saturated heterocycles. The normalized spacial score (nSPS) is 18.6. The summed E-state index contributed by atoms with van der Waals surface area (Å²) in [4.78, 5) is 28.3. The minimum absolute atomic E-state index is 0.0775. The molecule has 24 heavy (non-hydrogen) atoms. The number of anilines is 1. The number of aromatic nitrogens is 1. The first kappa shape index (κ1) is 18.2. The summed E-state index contributed by atoms with van der Waals surface area (Å²) in [7, 11) is 0. The SMILES string of the molecule is CC(C)(C)c1ccnc(NC(=O)[C@@H]2CCCN2C(=O)C(F)(F)F)c1. The average molecular weight is 343 g/mol. The van der Waals surface area contributed by atoms with Gasteiger partial charge in [-0.3, -0.25) is 9.59 Å². The van der Waals surface area contributed by atoms with E-state index in [-0.39, 0.29) is 24.2 Å². The van der Waals surface area contributed by atoms with Gasteiger partial charge in [0.2, 0.25) is 5.91 Å². The monoisotopic (exact) mass is 343 g/mol.